The van der Waals surface area contributed by atoms with Gasteiger partial charge >= 0.3 is 6.01 Å². The Labute approximate surface area is 217 Å². The van der Waals surface area contributed by atoms with Crippen LogP contribution in [0, 0.1) is 0 Å². The molecule has 1 saturated heterocycles. The van der Waals surface area contributed by atoms with E-state index in [4.69, 9.17) is 26.3 Å². The lowest BCUT2D eigenvalue weighted by molar-refractivity contribution is -0.113. The minimum absolute atomic E-state index is 0.0530. The lowest BCUT2D eigenvalue weighted by Gasteiger charge is -2.33. The Bertz CT molecular complexity index is 1290. The lowest BCUT2D eigenvalue weighted by Crippen LogP contribution is -2.35. The third-order valence-corrected chi connectivity index (χ3v) is 7.57. The number of hydrogen-bond acceptors (Lipinski definition) is 7. The van der Waals surface area contributed by atoms with E-state index in [2.05, 4.69) is 47.7 Å². The maximum Gasteiger partial charge on any atom is 0.318 e. The molecule has 1 fully saturated rings. The van der Waals surface area contributed by atoms with Crippen LogP contribution in [0.1, 0.15) is 24.1 Å². The maximum absolute atomic E-state index is 12.1. The quantitative estimate of drug-likeness (QED) is 0.417. The first-order valence-electron chi connectivity index (χ1n) is 12.5. The minimum atomic E-state index is -0.0530. The summed E-state index contributed by atoms with van der Waals surface area (Å²) in [5, 5.41) is 2.90. The number of carbonyl (C=O) groups excluding carboxylic acids is 1. The van der Waals surface area contributed by atoms with Gasteiger partial charge in [-0.2, -0.15) is 9.97 Å². The number of hydrogen-bond donors (Lipinski definition) is 0. The molecule has 0 saturated carbocycles. The number of likely N-dealkylation sites (tertiary alicyclic amines) is 1. The molecule has 3 aromatic rings. The van der Waals surface area contributed by atoms with Crippen LogP contribution in [0.15, 0.2) is 49.1 Å². The van der Waals surface area contributed by atoms with Crippen molar-refractivity contribution < 1.29 is 9.53 Å². The van der Waals surface area contributed by atoms with E-state index in [1.165, 1.54) is 12.5 Å². The smallest absolute Gasteiger partial charge is 0.318 e. The van der Waals surface area contributed by atoms with Gasteiger partial charge in [-0.05, 0) is 56.4 Å². The monoisotopic (exact) mass is 505 g/mol. The fourth-order valence-corrected chi connectivity index (χ4v) is 5.53. The molecule has 0 radical (unpaired) electrons. The van der Waals surface area contributed by atoms with Crippen LogP contribution in [0.3, 0.4) is 0 Å². The number of likely N-dealkylation sites (N-methyl/N-ethyl adjacent to an activating group) is 2. The fraction of sp³-hybridized carbons (Fsp3) is 0.393. The Morgan fingerprint density at radius 2 is 2.06 bits per heavy atom. The molecule has 0 bridgehead atoms. The van der Waals surface area contributed by atoms with Gasteiger partial charge in [0, 0.05) is 36.3 Å². The van der Waals surface area contributed by atoms with Crippen LogP contribution < -0.4 is 14.5 Å². The Kier molecular flexibility index (Phi) is 7.12. The van der Waals surface area contributed by atoms with Gasteiger partial charge in [-0.25, -0.2) is 0 Å². The Balaban J connectivity index is 1.48. The van der Waals surface area contributed by atoms with Crippen molar-refractivity contribution in [2.45, 2.75) is 31.8 Å². The molecule has 1 atom stereocenters. The van der Waals surface area contributed by atoms with Crippen LogP contribution in [0.25, 0.3) is 10.8 Å². The summed E-state index contributed by atoms with van der Waals surface area (Å²) in [4.78, 5) is 28.3. The van der Waals surface area contributed by atoms with E-state index in [1.54, 1.807) is 0 Å². The second-order valence-corrected chi connectivity index (χ2v) is 10.1. The number of halogens is 1. The standard InChI is InChI=1S/C28H32ClN5O2/c1-4-21(35)16-33(3)27-22-13-15-34(25-12-6-9-19-8-5-11-23(29)26(19)25)17-24(22)30-28(31-27)36-18-20-10-7-14-32(20)2/h4-6,8-9,11-12,20H,1,7,10,13-18H2,2-3H3. The number of benzene rings is 2. The van der Waals surface area contributed by atoms with Gasteiger partial charge in [0.2, 0.25) is 0 Å². The average Bonchev–Trinajstić information content (AvgIpc) is 3.30. The molecule has 7 nitrogen and oxygen atoms in total. The summed E-state index contributed by atoms with van der Waals surface area (Å²) >= 11 is 6.63. The molecule has 2 aliphatic rings. The Morgan fingerprint density at radius 3 is 2.81 bits per heavy atom. The Hall–Kier alpha value is -3.16. The molecular formula is C28H32ClN5O2. The highest BCUT2D eigenvalue weighted by atomic mass is 35.5. The van der Waals surface area contributed by atoms with Gasteiger partial charge in [0.05, 0.1) is 23.8 Å². The highest BCUT2D eigenvalue weighted by Crippen LogP contribution is 2.36. The molecule has 36 heavy (non-hydrogen) atoms. The summed E-state index contributed by atoms with van der Waals surface area (Å²) in [6, 6.07) is 13.0. The number of fused-ring (bicyclic) bond motifs is 2. The van der Waals surface area contributed by atoms with Gasteiger partial charge in [-0.1, -0.05) is 42.4 Å². The van der Waals surface area contributed by atoms with Gasteiger partial charge in [-0.15, -0.1) is 0 Å². The first-order valence-corrected chi connectivity index (χ1v) is 12.8. The molecule has 0 N–H and O–H groups in total. The predicted molar refractivity (Wildman–Crippen MR) is 145 cm³/mol. The fourth-order valence-electron chi connectivity index (χ4n) is 5.25. The van der Waals surface area contributed by atoms with Crippen molar-refractivity contribution in [3.8, 4) is 6.01 Å². The van der Waals surface area contributed by atoms with Crippen LogP contribution in [-0.4, -0.2) is 67.0 Å². The zero-order chi connectivity index (χ0) is 25.2. The van der Waals surface area contributed by atoms with Crippen molar-refractivity contribution in [3.05, 3.63) is 65.3 Å². The second kappa shape index (κ2) is 10.4. The van der Waals surface area contributed by atoms with E-state index in [1.807, 2.05) is 24.1 Å². The summed E-state index contributed by atoms with van der Waals surface area (Å²) in [7, 11) is 4.01. The number of anilines is 2. The maximum atomic E-state index is 12.1. The molecule has 1 unspecified atom stereocenters. The molecule has 0 spiro atoms. The number of rotatable bonds is 8. The minimum Gasteiger partial charge on any atom is -0.462 e. The first kappa shape index (κ1) is 24.5. The molecule has 2 aliphatic heterocycles. The normalized spacial score (nSPS) is 17.8. The number of carbonyl (C=O) groups is 1. The summed E-state index contributed by atoms with van der Waals surface area (Å²) in [5.41, 5.74) is 3.07. The summed E-state index contributed by atoms with van der Waals surface area (Å²) in [6.07, 6.45) is 4.39. The Morgan fingerprint density at radius 1 is 1.25 bits per heavy atom. The van der Waals surface area contributed by atoms with Gasteiger partial charge in [0.1, 0.15) is 12.4 Å². The van der Waals surface area contributed by atoms with E-state index in [0.29, 0.717) is 25.2 Å². The zero-order valence-electron chi connectivity index (χ0n) is 20.9. The van der Waals surface area contributed by atoms with Crippen molar-refractivity contribution in [3.63, 3.8) is 0 Å². The second-order valence-electron chi connectivity index (χ2n) is 9.66. The van der Waals surface area contributed by atoms with Gasteiger partial charge < -0.3 is 19.4 Å². The van der Waals surface area contributed by atoms with Crippen molar-refractivity contribution >= 4 is 39.7 Å². The molecule has 2 aromatic carbocycles. The van der Waals surface area contributed by atoms with Crippen molar-refractivity contribution in [1.82, 2.24) is 14.9 Å². The molecule has 8 heteroatoms. The first-order chi connectivity index (χ1) is 17.4. The van der Waals surface area contributed by atoms with Crippen LogP contribution >= 0.6 is 11.6 Å². The molecule has 0 amide bonds. The van der Waals surface area contributed by atoms with Gasteiger partial charge in [-0.3, -0.25) is 4.79 Å². The molecule has 1 aromatic heterocycles. The molecule has 188 valence electrons. The summed E-state index contributed by atoms with van der Waals surface area (Å²) in [5.74, 6) is 0.698. The van der Waals surface area contributed by atoms with E-state index >= 15 is 0 Å². The zero-order valence-corrected chi connectivity index (χ0v) is 21.7. The van der Waals surface area contributed by atoms with E-state index in [-0.39, 0.29) is 12.3 Å². The molecule has 3 heterocycles. The van der Waals surface area contributed by atoms with E-state index in [9.17, 15) is 4.79 Å². The third kappa shape index (κ3) is 4.90. The molecule has 5 rings (SSSR count). The lowest BCUT2D eigenvalue weighted by atomic mass is 10.0. The molecular weight excluding hydrogens is 474 g/mol. The average molecular weight is 506 g/mol. The van der Waals surface area contributed by atoms with Crippen LogP contribution in [-0.2, 0) is 17.8 Å². The van der Waals surface area contributed by atoms with Gasteiger partial charge in [0.25, 0.3) is 0 Å². The predicted octanol–water partition coefficient (Wildman–Crippen LogP) is 4.51. The van der Waals surface area contributed by atoms with Crippen LogP contribution in [0.4, 0.5) is 11.5 Å². The van der Waals surface area contributed by atoms with Gasteiger partial charge in [0.15, 0.2) is 5.78 Å². The topological polar surface area (TPSA) is 61.8 Å². The number of aromatic nitrogens is 2. The molecule has 0 aliphatic carbocycles. The van der Waals surface area contributed by atoms with Crippen molar-refractivity contribution in [2.24, 2.45) is 0 Å². The SMILES string of the molecule is C=CC(=O)CN(C)c1nc(OCC2CCCN2C)nc2c1CCN(c1cccc3cccc(Cl)c13)C2. The van der Waals surface area contributed by atoms with Crippen molar-refractivity contribution in [1.29, 1.82) is 0 Å². The largest absolute Gasteiger partial charge is 0.462 e. The highest BCUT2D eigenvalue weighted by Gasteiger charge is 2.27. The third-order valence-electron chi connectivity index (χ3n) is 7.25. The number of ether oxygens (including phenoxy) is 1. The number of ketones is 1. The highest BCUT2D eigenvalue weighted by molar-refractivity contribution is 6.36. The van der Waals surface area contributed by atoms with E-state index < -0.39 is 0 Å². The number of nitrogens with zero attached hydrogens (tertiary/aromatic N) is 5. The van der Waals surface area contributed by atoms with Crippen LogP contribution in [0.5, 0.6) is 6.01 Å². The van der Waals surface area contributed by atoms with Crippen LogP contribution in [0.2, 0.25) is 5.02 Å². The van der Waals surface area contributed by atoms with E-state index in [0.717, 1.165) is 64.5 Å². The summed E-state index contributed by atoms with van der Waals surface area (Å²) < 4.78 is 6.14. The van der Waals surface area contributed by atoms with Crippen molar-refractivity contribution in [2.75, 3.05) is 50.1 Å². The summed E-state index contributed by atoms with van der Waals surface area (Å²) in [6.45, 7) is 6.86.